The standard InChI is InChI=1S/C26H23N5O11S3/c1-14-4-5-16(42-3)10-22(14)30-28-20-8-9-21(19-11-17(43(33,34)35)6-7-18(19)20)29-31-24-13-25(44(36,37)38)23(27-15(2)32)12-26(24)45(39,40)41/h4-13H,1-3H3,(H,27,32)(H,33,34,35)(H,36,37,38)(H,39,40,41). The normalized spacial score (nSPS) is 12.7. The molecule has 0 aliphatic rings. The van der Waals surface area contributed by atoms with Gasteiger partial charge in [-0.15, -0.1) is 15.3 Å². The molecule has 0 aliphatic carbocycles. The van der Waals surface area contributed by atoms with Crippen LogP contribution >= 0.6 is 0 Å². The third-order valence-electron chi connectivity index (χ3n) is 6.11. The first kappa shape index (κ1) is 33.2. The number of carbonyl (C=O) groups excluding carboxylic acids is 1. The highest BCUT2D eigenvalue weighted by Crippen LogP contribution is 2.39. The van der Waals surface area contributed by atoms with Crippen LogP contribution in [0, 0.1) is 6.92 Å². The number of fused-ring (bicyclic) bond motifs is 1. The Balaban J connectivity index is 1.93. The van der Waals surface area contributed by atoms with Crippen molar-refractivity contribution in [3.05, 3.63) is 66.2 Å². The lowest BCUT2D eigenvalue weighted by molar-refractivity contribution is -0.114. The van der Waals surface area contributed by atoms with Crippen molar-refractivity contribution in [1.82, 2.24) is 0 Å². The number of amides is 1. The number of methoxy groups -OCH3 is 1. The lowest BCUT2D eigenvalue weighted by atomic mass is 10.1. The van der Waals surface area contributed by atoms with E-state index >= 15 is 0 Å². The van der Waals surface area contributed by atoms with Gasteiger partial charge in [0.1, 0.15) is 21.2 Å². The van der Waals surface area contributed by atoms with Gasteiger partial charge in [-0.05, 0) is 55.0 Å². The van der Waals surface area contributed by atoms with Crippen LogP contribution in [0.1, 0.15) is 12.5 Å². The quantitative estimate of drug-likeness (QED) is 0.124. The number of carbonyl (C=O) groups is 1. The first-order valence-electron chi connectivity index (χ1n) is 12.3. The Labute approximate surface area is 256 Å². The minimum absolute atomic E-state index is 0.0333. The molecule has 0 radical (unpaired) electrons. The molecule has 4 aromatic carbocycles. The summed E-state index contributed by atoms with van der Waals surface area (Å²) in [4.78, 5) is 9.08. The van der Waals surface area contributed by atoms with Gasteiger partial charge in [0.25, 0.3) is 30.4 Å². The number of nitrogens with one attached hydrogen (secondary N) is 1. The van der Waals surface area contributed by atoms with E-state index < -0.39 is 62.3 Å². The van der Waals surface area contributed by atoms with Gasteiger partial charge in [-0.25, -0.2) is 0 Å². The lowest BCUT2D eigenvalue weighted by Crippen LogP contribution is -2.12. The van der Waals surface area contributed by atoms with Crippen molar-refractivity contribution in [2.45, 2.75) is 28.5 Å². The van der Waals surface area contributed by atoms with Crippen molar-refractivity contribution in [3.63, 3.8) is 0 Å². The number of aryl methyl sites for hydroxylation is 1. The predicted octanol–water partition coefficient (Wildman–Crippen LogP) is 5.69. The van der Waals surface area contributed by atoms with Crippen LogP contribution in [0.2, 0.25) is 0 Å². The Kier molecular flexibility index (Phi) is 9.15. The van der Waals surface area contributed by atoms with Crippen LogP contribution in [0.25, 0.3) is 10.8 Å². The zero-order chi connectivity index (χ0) is 33.3. The Morgan fingerprint density at radius 2 is 1.24 bits per heavy atom. The highest BCUT2D eigenvalue weighted by Gasteiger charge is 2.25. The Morgan fingerprint density at radius 3 is 1.80 bits per heavy atom. The number of benzene rings is 4. The van der Waals surface area contributed by atoms with E-state index in [1.807, 2.05) is 5.32 Å². The molecule has 4 rings (SSSR count). The molecule has 1 amide bonds. The van der Waals surface area contributed by atoms with Crippen LogP contribution in [-0.2, 0) is 35.1 Å². The Hall–Kier alpha value is -4.66. The number of azo groups is 2. The van der Waals surface area contributed by atoms with Crippen LogP contribution in [0.3, 0.4) is 0 Å². The van der Waals surface area contributed by atoms with E-state index in [4.69, 9.17) is 4.74 Å². The number of nitrogens with zero attached hydrogens (tertiary/aromatic N) is 4. The highest BCUT2D eigenvalue weighted by atomic mass is 32.2. The second kappa shape index (κ2) is 12.4. The summed E-state index contributed by atoms with van der Waals surface area (Å²) in [6.45, 7) is 2.78. The number of ether oxygens (including phenoxy) is 1. The van der Waals surface area contributed by atoms with Crippen molar-refractivity contribution in [2.75, 3.05) is 12.4 Å². The van der Waals surface area contributed by atoms with Gasteiger partial charge in [0.15, 0.2) is 0 Å². The van der Waals surface area contributed by atoms with Gasteiger partial charge >= 0.3 is 0 Å². The molecule has 0 saturated heterocycles. The molecule has 19 heteroatoms. The highest BCUT2D eigenvalue weighted by molar-refractivity contribution is 7.86. The molecule has 4 aromatic rings. The summed E-state index contributed by atoms with van der Waals surface area (Å²) in [6.07, 6.45) is 0. The number of hydrogen-bond acceptors (Lipinski definition) is 12. The molecule has 4 N–H and O–H groups in total. The molecule has 0 bridgehead atoms. The van der Waals surface area contributed by atoms with E-state index in [1.165, 1.54) is 25.3 Å². The van der Waals surface area contributed by atoms with Crippen molar-refractivity contribution in [1.29, 1.82) is 0 Å². The van der Waals surface area contributed by atoms with E-state index in [0.717, 1.165) is 24.6 Å². The summed E-state index contributed by atoms with van der Waals surface area (Å²) in [5.41, 5.74) is -0.0914. The maximum Gasteiger partial charge on any atom is 0.296 e. The van der Waals surface area contributed by atoms with E-state index in [2.05, 4.69) is 20.5 Å². The summed E-state index contributed by atoms with van der Waals surface area (Å²) in [6, 6.07) is 12.4. The first-order valence-corrected chi connectivity index (χ1v) is 16.6. The molecule has 0 fully saturated rings. The van der Waals surface area contributed by atoms with Gasteiger partial charge in [0.2, 0.25) is 5.91 Å². The summed E-state index contributed by atoms with van der Waals surface area (Å²) in [5.74, 6) is -0.296. The molecule has 45 heavy (non-hydrogen) atoms. The molecule has 0 saturated carbocycles. The summed E-state index contributed by atoms with van der Waals surface area (Å²) in [5, 5.41) is 18.5. The van der Waals surface area contributed by atoms with Crippen molar-refractivity contribution in [3.8, 4) is 5.75 Å². The fourth-order valence-electron chi connectivity index (χ4n) is 4.01. The topological polar surface area (TPSA) is 251 Å². The summed E-state index contributed by atoms with van der Waals surface area (Å²) in [7, 11) is -13.4. The second-order valence-electron chi connectivity index (χ2n) is 9.29. The SMILES string of the molecule is COc1ccc(C)c(N=Nc2ccc(N=Nc3cc(S(=O)(=O)O)c(NC(C)=O)cc3S(=O)(=O)O)c3cc(S(=O)(=O)O)ccc23)c1. The fraction of sp³-hybridized carbons (Fsp3) is 0.115. The molecule has 0 atom stereocenters. The summed E-state index contributed by atoms with van der Waals surface area (Å²) >= 11 is 0. The fourth-order valence-corrected chi connectivity index (χ4v) is 5.79. The molecule has 0 aliphatic heterocycles. The molecular formula is C26H23N5O11S3. The van der Waals surface area contributed by atoms with Crippen LogP contribution < -0.4 is 10.1 Å². The van der Waals surface area contributed by atoms with Gasteiger partial charge in [0.05, 0.1) is 34.8 Å². The smallest absolute Gasteiger partial charge is 0.296 e. The second-order valence-corrected chi connectivity index (χ2v) is 13.5. The van der Waals surface area contributed by atoms with Gasteiger partial charge in [-0.1, -0.05) is 12.1 Å². The predicted molar refractivity (Wildman–Crippen MR) is 160 cm³/mol. The summed E-state index contributed by atoms with van der Waals surface area (Å²) < 4.78 is 106. The van der Waals surface area contributed by atoms with Gasteiger partial charge in [0, 0.05) is 23.8 Å². The molecular weight excluding hydrogens is 655 g/mol. The molecule has 0 aromatic heterocycles. The van der Waals surface area contributed by atoms with Gasteiger partial charge in [-0.3, -0.25) is 18.5 Å². The number of hydrogen-bond donors (Lipinski definition) is 4. The van der Waals surface area contributed by atoms with E-state index in [9.17, 15) is 43.7 Å². The Morgan fingerprint density at radius 1 is 0.667 bits per heavy atom. The minimum Gasteiger partial charge on any atom is -0.497 e. The molecule has 0 heterocycles. The zero-order valence-corrected chi connectivity index (χ0v) is 25.8. The van der Waals surface area contributed by atoms with E-state index in [-0.39, 0.29) is 22.1 Å². The maximum absolute atomic E-state index is 12.1. The third kappa shape index (κ3) is 7.71. The van der Waals surface area contributed by atoms with Gasteiger partial charge in [-0.2, -0.15) is 30.4 Å². The zero-order valence-electron chi connectivity index (χ0n) is 23.4. The van der Waals surface area contributed by atoms with Crippen molar-refractivity contribution in [2.24, 2.45) is 20.5 Å². The molecule has 236 valence electrons. The van der Waals surface area contributed by atoms with E-state index in [1.54, 1.807) is 25.1 Å². The molecule has 0 spiro atoms. The lowest BCUT2D eigenvalue weighted by Gasteiger charge is -2.11. The third-order valence-corrected chi connectivity index (χ3v) is 8.74. The average molecular weight is 678 g/mol. The average Bonchev–Trinajstić information content (AvgIpc) is 2.94. The van der Waals surface area contributed by atoms with Crippen LogP contribution in [0.4, 0.5) is 28.4 Å². The van der Waals surface area contributed by atoms with E-state index in [0.29, 0.717) is 23.6 Å². The molecule has 16 nitrogen and oxygen atoms in total. The van der Waals surface area contributed by atoms with Crippen LogP contribution in [0.5, 0.6) is 5.75 Å². The first-order chi connectivity index (χ1) is 20.9. The Bertz CT molecular complexity index is 2250. The van der Waals surface area contributed by atoms with Gasteiger partial charge < -0.3 is 10.1 Å². The maximum atomic E-state index is 12.1. The monoisotopic (exact) mass is 677 g/mol. The molecule has 0 unspecified atom stereocenters. The van der Waals surface area contributed by atoms with Crippen molar-refractivity contribution >= 4 is 75.5 Å². The largest absolute Gasteiger partial charge is 0.497 e. The van der Waals surface area contributed by atoms with Crippen LogP contribution in [-0.4, -0.2) is 51.9 Å². The number of anilines is 1. The minimum atomic E-state index is -5.11. The number of rotatable bonds is 9. The van der Waals surface area contributed by atoms with Crippen molar-refractivity contribution < 1.29 is 48.4 Å². The van der Waals surface area contributed by atoms with Crippen LogP contribution in [0.15, 0.2) is 95.8 Å².